The quantitative estimate of drug-likeness (QED) is 0.674. The van der Waals surface area contributed by atoms with Gasteiger partial charge in [-0.3, -0.25) is 4.90 Å². The summed E-state index contributed by atoms with van der Waals surface area (Å²) in [5, 5.41) is 0.994. The van der Waals surface area contributed by atoms with Gasteiger partial charge in [0.05, 0.1) is 0 Å². The minimum atomic E-state index is 0.696. The molecule has 0 aromatic rings. The first-order valence-electron chi connectivity index (χ1n) is 6.62. The third-order valence-electron chi connectivity index (χ3n) is 3.93. The van der Waals surface area contributed by atoms with Gasteiger partial charge in [0.1, 0.15) is 0 Å². The Hall–Kier alpha value is -0.210. The van der Waals surface area contributed by atoms with Gasteiger partial charge in [0.25, 0.3) is 0 Å². The molecule has 2 atom stereocenters. The Morgan fingerprint density at radius 1 is 1.12 bits per heavy atom. The molecular weight excluding hydrogens is 214 g/mol. The second-order valence-corrected chi connectivity index (χ2v) is 6.61. The van der Waals surface area contributed by atoms with E-state index >= 15 is 0 Å². The van der Waals surface area contributed by atoms with E-state index in [1.54, 1.807) is 0 Å². The minimum Gasteiger partial charge on any atom is -0.296 e. The molecule has 3 aliphatic rings. The summed E-state index contributed by atoms with van der Waals surface area (Å²) in [6.07, 6.45) is 14.9. The Balaban J connectivity index is 1.33. The summed E-state index contributed by atoms with van der Waals surface area (Å²) in [5.74, 6) is 2.08. The van der Waals surface area contributed by atoms with Gasteiger partial charge >= 0.3 is 0 Å². The fraction of sp³-hybridized carbons (Fsp3) is 0.714. The molecule has 2 heteroatoms. The van der Waals surface area contributed by atoms with E-state index in [-0.39, 0.29) is 0 Å². The van der Waals surface area contributed by atoms with Gasteiger partial charge < -0.3 is 0 Å². The van der Waals surface area contributed by atoms with Crippen LogP contribution in [0.4, 0.5) is 0 Å². The zero-order valence-corrected chi connectivity index (χ0v) is 10.7. The Morgan fingerprint density at radius 2 is 1.88 bits per heavy atom. The van der Waals surface area contributed by atoms with E-state index < -0.39 is 0 Å². The monoisotopic (exact) mass is 235 g/mol. The number of hydrogen-bond donors (Lipinski definition) is 0. The van der Waals surface area contributed by atoms with Crippen molar-refractivity contribution in [3.8, 4) is 0 Å². The van der Waals surface area contributed by atoms with E-state index in [4.69, 9.17) is 0 Å². The topological polar surface area (TPSA) is 3.01 Å². The molecule has 1 saturated heterocycles. The molecule has 1 unspecified atom stereocenters. The first-order valence-corrected chi connectivity index (χ1v) is 7.67. The predicted molar refractivity (Wildman–Crippen MR) is 71.8 cm³/mol. The lowest BCUT2D eigenvalue weighted by Crippen LogP contribution is -2.12. The average molecular weight is 235 g/mol. The van der Waals surface area contributed by atoms with Crippen LogP contribution in [0.1, 0.15) is 25.7 Å². The summed E-state index contributed by atoms with van der Waals surface area (Å²) in [6, 6.07) is 0.896. The Bertz CT molecular complexity index is 279. The minimum absolute atomic E-state index is 0.696. The SMILES string of the molecule is C1=CC(CN2C[C@@H]2CSC2CCCC2)C=C1. The summed E-state index contributed by atoms with van der Waals surface area (Å²) in [5.41, 5.74) is 0. The lowest BCUT2D eigenvalue weighted by Gasteiger charge is -2.10. The molecule has 0 bridgehead atoms. The molecule has 88 valence electrons. The van der Waals surface area contributed by atoms with E-state index in [2.05, 4.69) is 41.0 Å². The van der Waals surface area contributed by atoms with Crippen molar-refractivity contribution in [3.05, 3.63) is 24.3 Å². The van der Waals surface area contributed by atoms with E-state index in [0.717, 1.165) is 11.3 Å². The van der Waals surface area contributed by atoms with Gasteiger partial charge in [-0.05, 0) is 12.8 Å². The number of allylic oxidation sites excluding steroid dienone is 2. The van der Waals surface area contributed by atoms with Crippen molar-refractivity contribution in [3.63, 3.8) is 0 Å². The van der Waals surface area contributed by atoms with Crippen LogP contribution in [0, 0.1) is 5.92 Å². The number of nitrogens with zero attached hydrogens (tertiary/aromatic N) is 1. The third-order valence-corrected chi connectivity index (χ3v) is 5.45. The standard InChI is InChI=1S/C14H21NS/c1-2-6-12(5-1)9-15-10-13(15)11-16-14-7-3-4-8-14/h1-2,5-6,12-14H,3-4,7-11H2/t13-,15?/m1/s1. The maximum absolute atomic E-state index is 2.63. The maximum atomic E-state index is 2.63. The van der Waals surface area contributed by atoms with Crippen LogP contribution in [0.2, 0.25) is 0 Å². The van der Waals surface area contributed by atoms with Crippen molar-refractivity contribution < 1.29 is 0 Å². The summed E-state index contributed by atoms with van der Waals surface area (Å²) >= 11 is 2.24. The van der Waals surface area contributed by atoms with Gasteiger partial charge in [-0.2, -0.15) is 11.8 Å². The van der Waals surface area contributed by atoms with Crippen molar-refractivity contribution in [2.75, 3.05) is 18.8 Å². The van der Waals surface area contributed by atoms with Crippen molar-refractivity contribution in [1.82, 2.24) is 4.90 Å². The highest BCUT2D eigenvalue weighted by molar-refractivity contribution is 7.99. The Morgan fingerprint density at radius 3 is 2.62 bits per heavy atom. The molecular formula is C14H21NS. The molecule has 1 aliphatic heterocycles. The van der Waals surface area contributed by atoms with Gasteiger partial charge in [-0.15, -0.1) is 0 Å². The first-order chi connectivity index (χ1) is 7.92. The molecule has 1 saturated carbocycles. The summed E-state index contributed by atoms with van der Waals surface area (Å²) in [4.78, 5) is 2.63. The fourth-order valence-electron chi connectivity index (χ4n) is 2.78. The summed E-state index contributed by atoms with van der Waals surface area (Å²) < 4.78 is 0. The molecule has 0 radical (unpaired) electrons. The zero-order valence-electron chi connectivity index (χ0n) is 9.85. The van der Waals surface area contributed by atoms with Crippen molar-refractivity contribution in [1.29, 1.82) is 0 Å². The van der Waals surface area contributed by atoms with Gasteiger partial charge in [-0.25, -0.2) is 0 Å². The lowest BCUT2D eigenvalue weighted by molar-refractivity contribution is 0.486. The highest BCUT2D eigenvalue weighted by Gasteiger charge is 2.35. The summed E-state index contributed by atoms with van der Waals surface area (Å²) in [7, 11) is 0. The zero-order chi connectivity index (χ0) is 10.8. The highest BCUT2D eigenvalue weighted by atomic mass is 32.2. The van der Waals surface area contributed by atoms with Crippen LogP contribution in [-0.2, 0) is 0 Å². The molecule has 3 rings (SSSR count). The molecule has 0 N–H and O–H groups in total. The Kier molecular flexibility index (Phi) is 3.39. The first kappa shape index (κ1) is 10.9. The predicted octanol–water partition coefficient (Wildman–Crippen LogP) is 3.09. The fourth-order valence-corrected chi connectivity index (χ4v) is 4.26. The second-order valence-electron chi connectivity index (χ2n) is 5.28. The van der Waals surface area contributed by atoms with Crippen LogP contribution < -0.4 is 0 Å². The molecule has 1 nitrogen and oxygen atoms in total. The van der Waals surface area contributed by atoms with E-state index in [9.17, 15) is 0 Å². The van der Waals surface area contributed by atoms with Crippen molar-refractivity contribution in [2.45, 2.75) is 37.0 Å². The smallest absolute Gasteiger partial charge is 0.0314 e. The maximum Gasteiger partial charge on any atom is 0.0314 e. The summed E-state index contributed by atoms with van der Waals surface area (Å²) in [6.45, 7) is 2.60. The van der Waals surface area contributed by atoms with Crippen LogP contribution in [0.3, 0.4) is 0 Å². The molecule has 2 aliphatic carbocycles. The lowest BCUT2D eigenvalue weighted by atomic mass is 10.2. The largest absolute Gasteiger partial charge is 0.296 e. The van der Waals surface area contributed by atoms with E-state index in [1.807, 2.05) is 0 Å². The van der Waals surface area contributed by atoms with Crippen LogP contribution in [-0.4, -0.2) is 35.0 Å². The van der Waals surface area contributed by atoms with Crippen LogP contribution in [0.15, 0.2) is 24.3 Å². The number of thioether (sulfide) groups is 1. The number of rotatable bonds is 5. The van der Waals surface area contributed by atoms with E-state index in [0.29, 0.717) is 5.92 Å². The molecule has 0 aromatic heterocycles. The Labute approximate surface area is 103 Å². The molecule has 0 spiro atoms. The van der Waals surface area contributed by atoms with Crippen LogP contribution >= 0.6 is 11.8 Å². The average Bonchev–Trinajstić information content (AvgIpc) is 2.78. The molecule has 1 heterocycles. The van der Waals surface area contributed by atoms with Crippen LogP contribution in [0.25, 0.3) is 0 Å². The molecule has 16 heavy (non-hydrogen) atoms. The van der Waals surface area contributed by atoms with Gasteiger partial charge in [0, 0.05) is 36.1 Å². The van der Waals surface area contributed by atoms with E-state index in [1.165, 1.54) is 44.5 Å². The number of hydrogen-bond acceptors (Lipinski definition) is 2. The highest BCUT2D eigenvalue weighted by Crippen LogP contribution is 2.33. The van der Waals surface area contributed by atoms with Gasteiger partial charge in [0.15, 0.2) is 0 Å². The molecule has 2 fully saturated rings. The molecule has 0 aromatic carbocycles. The normalized spacial score (nSPS) is 34.0. The van der Waals surface area contributed by atoms with Gasteiger partial charge in [-0.1, -0.05) is 37.1 Å². The second kappa shape index (κ2) is 4.97. The van der Waals surface area contributed by atoms with Crippen LogP contribution in [0.5, 0.6) is 0 Å². The van der Waals surface area contributed by atoms with Gasteiger partial charge in [0.2, 0.25) is 0 Å². The van der Waals surface area contributed by atoms with Crippen molar-refractivity contribution in [2.24, 2.45) is 5.92 Å². The third kappa shape index (κ3) is 2.72. The van der Waals surface area contributed by atoms with Crippen molar-refractivity contribution >= 4 is 11.8 Å². The molecule has 0 amide bonds.